The van der Waals surface area contributed by atoms with Gasteiger partial charge in [0.2, 0.25) is 0 Å². The average Bonchev–Trinajstić information content (AvgIpc) is 3.26. The number of rotatable bonds is 2. The van der Waals surface area contributed by atoms with E-state index >= 15 is 0 Å². The Balaban J connectivity index is 1.33. The highest BCUT2D eigenvalue weighted by atomic mass is 16.6. The number of aliphatic imine (C=N–C) groups is 1. The van der Waals surface area contributed by atoms with Gasteiger partial charge in [-0.1, -0.05) is 0 Å². The smallest absolute Gasteiger partial charge is 0.291 e. The van der Waals surface area contributed by atoms with E-state index in [1.807, 2.05) is 22.9 Å². The number of quaternary nitrogens is 1. The Morgan fingerprint density at radius 1 is 1.32 bits per heavy atom. The first kappa shape index (κ1) is 14.9. The molecule has 0 amide bonds. The highest BCUT2D eigenvalue weighted by Gasteiger charge is 2.56. The summed E-state index contributed by atoms with van der Waals surface area (Å²) >= 11 is 0. The topological polar surface area (TPSA) is 87.4 Å². The van der Waals surface area contributed by atoms with Crippen molar-refractivity contribution in [2.24, 2.45) is 10.9 Å². The van der Waals surface area contributed by atoms with Crippen LogP contribution in [-0.4, -0.2) is 57.0 Å². The minimum atomic E-state index is -0.428. The summed E-state index contributed by atoms with van der Waals surface area (Å²) < 4.78 is 7.96. The minimum absolute atomic E-state index is 0.131. The van der Waals surface area contributed by atoms with Gasteiger partial charge >= 0.3 is 0 Å². The zero-order valence-corrected chi connectivity index (χ0v) is 13.8. The number of anilines is 1. The van der Waals surface area contributed by atoms with Crippen LogP contribution in [0.5, 0.6) is 0 Å². The number of fused-ring (bicyclic) bond motifs is 2. The predicted octanol–water partition coefficient (Wildman–Crippen LogP) is 1.54. The Morgan fingerprint density at radius 2 is 2.20 bits per heavy atom. The van der Waals surface area contributed by atoms with E-state index in [-0.39, 0.29) is 4.65 Å². The van der Waals surface area contributed by atoms with E-state index in [1.54, 1.807) is 18.7 Å². The molecule has 0 radical (unpaired) electrons. The first-order valence-corrected chi connectivity index (χ1v) is 8.66. The zero-order chi connectivity index (χ0) is 16.9. The molecule has 3 saturated heterocycles. The zero-order valence-electron chi connectivity index (χ0n) is 13.8. The second-order valence-electron chi connectivity index (χ2n) is 7.22. The number of hydrogen-bond acceptors (Lipinski definition) is 6. The highest BCUT2D eigenvalue weighted by Crippen LogP contribution is 2.44. The molecule has 8 nitrogen and oxygen atoms in total. The van der Waals surface area contributed by atoms with Crippen molar-refractivity contribution in [3.63, 3.8) is 0 Å². The van der Waals surface area contributed by atoms with E-state index in [9.17, 15) is 5.21 Å². The molecule has 4 aliphatic heterocycles. The van der Waals surface area contributed by atoms with Gasteiger partial charge in [-0.25, -0.2) is 15.0 Å². The van der Waals surface area contributed by atoms with Crippen LogP contribution >= 0.6 is 0 Å². The number of nitrogens with zero attached hydrogens (tertiary/aromatic N) is 5. The Kier molecular flexibility index (Phi) is 3.13. The Bertz CT molecular complexity index is 812. The van der Waals surface area contributed by atoms with Crippen molar-refractivity contribution in [3.8, 4) is 5.69 Å². The van der Waals surface area contributed by atoms with Crippen molar-refractivity contribution >= 4 is 11.8 Å². The quantitative estimate of drug-likeness (QED) is 0.662. The fraction of sp³-hybridized carbons (Fsp3) is 0.471. The lowest BCUT2D eigenvalue weighted by Gasteiger charge is -2.58. The third-order valence-corrected chi connectivity index (χ3v) is 5.64. The van der Waals surface area contributed by atoms with E-state index in [1.165, 1.54) is 0 Å². The molecule has 25 heavy (non-hydrogen) atoms. The van der Waals surface area contributed by atoms with E-state index in [0.29, 0.717) is 43.9 Å². The van der Waals surface area contributed by atoms with Crippen LogP contribution in [0.2, 0.25) is 0 Å². The standard InChI is InChI=1S/C17H20N6O2/c24-23-7-2-13(3-8-23)17(11-23)10-20-16(25-17)21-15-9-14(1-4-19-15)22-6-5-18-12-22/h1,4-6,9,12-13H,2-3,7-8,10-11H2,(H,19,20,21)/t13?,17-,23?/m0/s1. The van der Waals surface area contributed by atoms with Crippen LogP contribution in [-0.2, 0) is 4.74 Å². The number of imidazole rings is 1. The van der Waals surface area contributed by atoms with E-state index < -0.39 is 5.60 Å². The van der Waals surface area contributed by atoms with Gasteiger partial charge in [0, 0.05) is 43.4 Å². The van der Waals surface area contributed by atoms with Crippen LogP contribution in [0, 0.1) is 11.1 Å². The first-order chi connectivity index (χ1) is 12.1. The second-order valence-corrected chi connectivity index (χ2v) is 7.22. The second kappa shape index (κ2) is 5.27. The normalized spacial score (nSPS) is 33.3. The fourth-order valence-corrected chi connectivity index (χ4v) is 4.33. The largest absolute Gasteiger partial charge is 0.633 e. The van der Waals surface area contributed by atoms with Gasteiger partial charge < -0.3 is 19.2 Å². The van der Waals surface area contributed by atoms with Gasteiger partial charge in [-0.05, 0) is 6.07 Å². The third-order valence-electron chi connectivity index (χ3n) is 5.64. The molecular formula is C17H20N6O2. The lowest BCUT2D eigenvalue weighted by molar-refractivity contribution is -0.905. The summed E-state index contributed by atoms with van der Waals surface area (Å²) in [6.45, 7) is 2.50. The molecule has 2 aromatic heterocycles. The molecule has 2 aromatic rings. The van der Waals surface area contributed by atoms with Crippen LogP contribution in [0.4, 0.5) is 5.82 Å². The summed E-state index contributed by atoms with van der Waals surface area (Å²) in [6, 6.07) is 4.29. The minimum Gasteiger partial charge on any atom is -0.633 e. The molecule has 130 valence electrons. The Hall–Kier alpha value is -2.45. The van der Waals surface area contributed by atoms with Gasteiger partial charge in [0.05, 0.1) is 31.6 Å². The van der Waals surface area contributed by atoms with Crippen LogP contribution < -0.4 is 5.32 Å². The molecule has 0 aliphatic carbocycles. The summed E-state index contributed by atoms with van der Waals surface area (Å²) in [5.74, 6) is 1.09. The van der Waals surface area contributed by atoms with E-state index in [4.69, 9.17) is 4.74 Å². The number of amidine groups is 1. The SMILES string of the molecule is [O-][N+]12CCC(CC1)[C@]1(CN=C(Nc3cc(-n4ccnc4)ccn3)O1)C2. The molecule has 0 aromatic carbocycles. The summed E-state index contributed by atoms with van der Waals surface area (Å²) in [4.78, 5) is 12.9. The van der Waals surface area contributed by atoms with Gasteiger partial charge in [-0.15, -0.1) is 0 Å². The van der Waals surface area contributed by atoms with Gasteiger partial charge in [-0.2, -0.15) is 0 Å². The molecule has 8 heteroatoms. The molecule has 6 heterocycles. The van der Waals surface area contributed by atoms with Crippen LogP contribution in [0.1, 0.15) is 12.8 Å². The van der Waals surface area contributed by atoms with Crippen molar-refractivity contribution < 1.29 is 9.38 Å². The highest BCUT2D eigenvalue weighted by molar-refractivity contribution is 5.89. The molecular weight excluding hydrogens is 320 g/mol. The molecule has 1 spiro atoms. The molecule has 0 unspecified atom stereocenters. The summed E-state index contributed by atoms with van der Waals surface area (Å²) in [6.07, 6.45) is 8.94. The van der Waals surface area contributed by atoms with Crippen molar-refractivity contribution in [1.29, 1.82) is 0 Å². The Labute approximate surface area is 145 Å². The lowest BCUT2D eigenvalue weighted by atomic mass is 9.75. The number of ether oxygens (including phenoxy) is 1. The predicted molar refractivity (Wildman–Crippen MR) is 92.1 cm³/mol. The molecule has 2 bridgehead atoms. The number of nitrogens with one attached hydrogen (secondary N) is 1. The first-order valence-electron chi connectivity index (χ1n) is 8.66. The van der Waals surface area contributed by atoms with Crippen molar-refractivity contribution in [1.82, 2.24) is 14.5 Å². The van der Waals surface area contributed by atoms with Gasteiger partial charge in [-0.3, -0.25) is 5.32 Å². The molecule has 0 saturated carbocycles. The number of hydrogen-bond donors (Lipinski definition) is 1. The number of pyridine rings is 1. The third kappa shape index (κ3) is 2.49. The summed E-state index contributed by atoms with van der Waals surface area (Å²) in [5.41, 5.74) is 0.526. The van der Waals surface area contributed by atoms with Crippen molar-refractivity contribution in [2.45, 2.75) is 18.4 Å². The maximum absolute atomic E-state index is 12.7. The molecule has 1 N–H and O–H groups in total. The summed E-state index contributed by atoms with van der Waals surface area (Å²) in [7, 11) is 0. The molecule has 3 fully saturated rings. The molecule has 6 rings (SSSR count). The van der Waals surface area contributed by atoms with Gasteiger partial charge in [0.15, 0.2) is 5.60 Å². The average molecular weight is 340 g/mol. The molecule has 4 aliphatic rings. The fourth-order valence-electron chi connectivity index (χ4n) is 4.33. The van der Waals surface area contributed by atoms with E-state index in [0.717, 1.165) is 18.5 Å². The van der Waals surface area contributed by atoms with Crippen molar-refractivity contribution in [3.05, 3.63) is 42.3 Å². The number of piperidine rings is 3. The maximum atomic E-state index is 12.7. The maximum Gasteiger partial charge on any atom is 0.291 e. The van der Waals surface area contributed by atoms with Crippen LogP contribution in [0.3, 0.4) is 0 Å². The summed E-state index contributed by atoms with van der Waals surface area (Å²) in [5, 5.41) is 15.9. The van der Waals surface area contributed by atoms with Gasteiger partial charge in [0.1, 0.15) is 12.4 Å². The van der Waals surface area contributed by atoms with Gasteiger partial charge in [0.25, 0.3) is 6.02 Å². The van der Waals surface area contributed by atoms with Crippen LogP contribution in [0.25, 0.3) is 5.69 Å². The lowest BCUT2D eigenvalue weighted by Crippen LogP contribution is -2.67. The van der Waals surface area contributed by atoms with Crippen LogP contribution in [0.15, 0.2) is 42.0 Å². The number of hydroxylamine groups is 3. The Morgan fingerprint density at radius 3 is 2.96 bits per heavy atom. The molecule has 1 atom stereocenters. The monoisotopic (exact) mass is 340 g/mol. The van der Waals surface area contributed by atoms with E-state index in [2.05, 4.69) is 20.3 Å². The number of aromatic nitrogens is 3. The van der Waals surface area contributed by atoms with Crippen molar-refractivity contribution in [2.75, 3.05) is 31.5 Å².